The smallest absolute Gasteiger partial charge is 0.287 e. The largest absolute Gasteiger partial charge is 0.459 e. The topological polar surface area (TPSA) is 165 Å². The fourth-order valence-electron chi connectivity index (χ4n) is 7.02. The molecular weight excluding hydrogens is 685 g/mol. The minimum absolute atomic E-state index is 0. The van der Waals surface area contributed by atoms with Crippen molar-refractivity contribution in [1.82, 2.24) is 36.4 Å². The molecule has 0 radical (unpaired) electrons. The van der Waals surface area contributed by atoms with Crippen molar-refractivity contribution < 1.29 is 28.4 Å². The van der Waals surface area contributed by atoms with Gasteiger partial charge in [0.25, 0.3) is 5.91 Å². The van der Waals surface area contributed by atoms with E-state index in [1.54, 1.807) is 6.07 Å². The predicted molar refractivity (Wildman–Crippen MR) is 196 cm³/mol. The first-order valence-corrected chi connectivity index (χ1v) is 18.3. The van der Waals surface area contributed by atoms with E-state index in [-0.39, 0.29) is 49.6 Å². The Morgan fingerprint density at radius 3 is 1.94 bits per heavy atom. The lowest BCUT2D eigenvalue weighted by Gasteiger charge is -2.28. The third-order valence-corrected chi connectivity index (χ3v) is 9.77. The monoisotopic (exact) mass is 743 g/mol. The number of likely N-dealkylation sites (tertiary alicyclic amines) is 2. The summed E-state index contributed by atoms with van der Waals surface area (Å²) >= 11 is 0. The molecule has 1 aliphatic carbocycles. The number of hydrogen-bond acceptors (Lipinski definition) is 8. The maximum absolute atomic E-state index is 13.1. The van der Waals surface area contributed by atoms with Crippen LogP contribution in [0.15, 0.2) is 22.8 Å². The molecule has 0 spiro atoms. The number of carbonyl (C=O) groups is 5. The molecule has 3 fully saturated rings. The molecule has 3 aliphatic rings. The van der Waals surface area contributed by atoms with Gasteiger partial charge in [0.15, 0.2) is 5.76 Å². The number of piperidine rings is 2. The first-order valence-electron chi connectivity index (χ1n) is 18.3. The SMILES string of the molecule is Cl.Cl.O=C(CNC(=O)[C@H](CC1CCCCC1)NC(=O)c1ccco1)NCC(=O)N[C@@H](CCCN1CCCCC1)C(=O)NCCN1CCCCC1. The molecule has 5 N–H and O–H groups in total. The highest BCUT2D eigenvalue weighted by molar-refractivity contribution is 5.96. The Balaban J connectivity index is 0.00000433. The zero-order chi connectivity index (χ0) is 34.0. The van der Waals surface area contributed by atoms with Crippen molar-refractivity contribution >= 4 is 54.3 Å². The minimum atomic E-state index is -0.819. The van der Waals surface area contributed by atoms with E-state index in [0.29, 0.717) is 25.3 Å². The summed E-state index contributed by atoms with van der Waals surface area (Å²) in [6, 6.07) is 1.62. The quantitative estimate of drug-likeness (QED) is 0.153. The van der Waals surface area contributed by atoms with Gasteiger partial charge >= 0.3 is 0 Å². The summed E-state index contributed by atoms with van der Waals surface area (Å²) in [4.78, 5) is 69.2. The molecule has 0 unspecified atom stereocenters. The molecule has 0 bridgehead atoms. The lowest BCUT2D eigenvalue weighted by atomic mass is 9.84. The van der Waals surface area contributed by atoms with E-state index in [1.165, 1.54) is 57.3 Å². The highest BCUT2D eigenvalue weighted by Crippen LogP contribution is 2.27. The van der Waals surface area contributed by atoms with Gasteiger partial charge in [-0.05, 0) is 95.7 Å². The highest BCUT2D eigenvalue weighted by Gasteiger charge is 2.28. The van der Waals surface area contributed by atoms with Gasteiger partial charge < -0.3 is 40.8 Å². The van der Waals surface area contributed by atoms with E-state index in [2.05, 4.69) is 36.4 Å². The van der Waals surface area contributed by atoms with Gasteiger partial charge in [0.2, 0.25) is 23.6 Å². The van der Waals surface area contributed by atoms with Crippen LogP contribution in [0.2, 0.25) is 0 Å². The first kappa shape index (κ1) is 43.3. The molecule has 2 aliphatic heterocycles. The van der Waals surface area contributed by atoms with Crippen molar-refractivity contribution in [2.45, 2.75) is 102 Å². The maximum Gasteiger partial charge on any atom is 0.287 e. The van der Waals surface area contributed by atoms with Crippen LogP contribution in [0.1, 0.15) is 100 Å². The number of hydrogen-bond donors (Lipinski definition) is 5. The second-order valence-electron chi connectivity index (χ2n) is 13.6. The standard InChI is InChI=1S/C35H57N7O6.2ClH/c43-31(25-38-34(46)29(24-27-12-4-1-5-13-27)40-35(47)30-15-11-23-48-30)37-26-32(44)39-28(14-10-21-41-17-6-2-7-18-41)33(45)36-16-22-42-19-8-3-9-20-42;;/h11,15,23,27-29H,1-10,12-14,16-22,24-26H2,(H,36,45)(H,37,43)(H,38,46)(H,39,44)(H,40,47);2*1H/t28-,29-;;/m0../s1. The molecule has 0 aromatic carbocycles. The molecule has 4 rings (SSSR count). The van der Waals surface area contributed by atoms with Crippen LogP contribution in [-0.4, -0.2) is 110 Å². The molecule has 284 valence electrons. The van der Waals surface area contributed by atoms with Crippen LogP contribution in [-0.2, 0) is 19.2 Å². The van der Waals surface area contributed by atoms with E-state index >= 15 is 0 Å². The van der Waals surface area contributed by atoms with Crippen LogP contribution < -0.4 is 26.6 Å². The molecule has 1 aromatic rings. The second kappa shape index (κ2) is 24.3. The van der Waals surface area contributed by atoms with Crippen LogP contribution in [0.25, 0.3) is 0 Å². The summed E-state index contributed by atoms with van der Waals surface area (Å²) in [6.07, 6.45) is 15.8. The lowest BCUT2D eigenvalue weighted by Crippen LogP contribution is -2.52. The minimum Gasteiger partial charge on any atom is -0.459 e. The zero-order valence-electron chi connectivity index (χ0n) is 29.4. The van der Waals surface area contributed by atoms with Crippen LogP contribution in [0.3, 0.4) is 0 Å². The number of carbonyl (C=O) groups excluding carboxylic acids is 5. The fraction of sp³-hybridized carbons (Fsp3) is 0.743. The number of nitrogens with one attached hydrogen (secondary N) is 5. The van der Waals surface area contributed by atoms with E-state index in [1.807, 2.05) is 0 Å². The molecule has 5 amide bonds. The summed E-state index contributed by atoms with van der Waals surface area (Å²) in [5, 5.41) is 13.7. The van der Waals surface area contributed by atoms with Crippen molar-refractivity contribution in [2.24, 2.45) is 5.92 Å². The average molecular weight is 745 g/mol. The molecular formula is C35H59Cl2N7O6. The molecule has 1 aromatic heterocycles. The first-order chi connectivity index (χ1) is 23.4. The van der Waals surface area contributed by atoms with Crippen LogP contribution >= 0.6 is 24.8 Å². The Bertz CT molecular complexity index is 1160. The predicted octanol–water partition coefficient (Wildman–Crippen LogP) is 2.78. The summed E-state index contributed by atoms with van der Waals surface area (Å²) in [5.41, 5.74) is 0. The van der Waals surface area contributed by atoms with Crippen molar-refractivity contribution in [2.75, 3.05) is 58.9 Å². The molecule has 13 nitrogen and oxygen atoms in total. The van der Waals surface area contributed by atoms with Gasteiger partial charge in [-0.1, -0.05) is 44.9 Å². The van der Waals surface area contributed by atoms with Crippen LogP contribution in [0.5, 0.6) is 0 Å². The summed E-state index contributed by atoms with van der Waals surface area (Å²) in [5.74, 6) is -1.75. The van der Waals surface area contributed by atoms with Crippen molar-refractivity contribution in [3.63, 3.8) is 0 Å². The van der Waals surface area contributed by atoms with E-state index < -0.39 is 35.7 Å². The number of nitrogens with zero attached hydrogens (tertiary/aromatic N) is 2. The van der Waals surface area contributed by atoms with Crippen LogP contribution in [0, 0.1) is 5.92 Å². The normalized spacial score (nSPS) is 18.3. The number of halogens is 2. The van der Waals surface area contributed by atoms with Gasteiger partial charge in [0.05, 0.1) is 19.4 Å². The Hall–Kier alpha value is -2.87. The summed E-state index contributed by atoms with van der Waals surface area (Å²) < 4.78 is 5.18. The van der Waals surface area contributed by atoms with E-state index in [0.717, 1.165) is 71.4 Å². The average Bonchev–Trinajstić information content (AvgIpc) is 3.66. The van der Waals surface area contributed by atoms with Gasteiger partial charge in [0.1, 0.15) is 12.1 Å². The third-order valence-electron chi connectivity index (χ3n) is 9.77. The van der Waals surface area contributed by atoms with Crippen molar-refractivity contribution in [3.8, 4) is 0 Å². The Morgan fingerprint density at radius 1 is 0.700 bits per heavy atom. The number of rotatable bonds is 18. The van der Waals surface area contributed by atoms with Crippen molar-refractivity contribution in [3.05, 3.63) is 24.2 Å². The number of amides is 5. The molecule has 50 heavy (non-hydrogen) atoms. The molecule has 15 heteroatoms. The maximum atomic E-state index is 13.1. The molecule has 2 atom stereocenters. The highest BCUT2D eigenvalue weighted by atomic mass is 35.5. The Labute approximate surface area is 309 Å². The third kappa shape index (κ3) is 16.0. The van der Waals surface area contributed by atoms with Gasteiger partial charge in [0, 0.05) is 13.1 Å². The fourth-order valence-corrected chi connectivity index (χ4v) is 7.02. The van der Waals surface area contributed by atoms with E-state index in [9.17, 15) is 24.0 Å². The Morgan fingerprint density at radius 2 is 1.30 bits per heavy atom. The van der Waals surface area contributed by atoms with Gasteiger partial charge in [-0.15, -0.1) is 24.8 Å². The second-order valence-corrected chi connectivity index (χ2v) is 13.6. The summed E-state index contributed by atoms with van der Waals surface area (Å²) in [7, 11) is 0. The molecule has 1 saturated carbocycles. The lowest BCUT2D eigenvalue weighted by molar-refractivity contribution is -0.130. The summed E-state index contributed by atoms with van der Waals surface area (Å²) in [6.45, 7) is 5.76. The van der Waals surface area contributed by atoms with Gasteiger partial charge in [-0.2, -0.15) is 0 Å². The van der Waals surface area contributed by atoms with Crippen molar-refractivity contribution in [1.29, 1.82) is 0 Å². The zero-order valence-corrected chi connectivity index (χ0v) is 31.0. The van der Waals surface area contributed by atoms with E-state index in [4.69, 9.17) is 4.42 Å². The number of furan rings is 1. The molecule has 2 saturated heterocycles. The Kier molecular flexibility index (Phi) is 21.1. The van der Waals surface area contributed by atoms with Crippen LogP contribution in [0.4, 0.5) is 0 Å². The molecule has 3 heterocycles. The van der Waals surface area contributed by atoms with Gasteiger partial charge in [-0.3, -0.25) is 24.0 Å². The van der Waals surface area contributed by atoms with Gasteiger partial charge in [-0.25, -0.2) is 0 Å².